The molecular weight excluding hydrogens is 290 g/mol. The third-order valence-electron chi connectivity index (χ3n) is 3.75. The molecular formula is C13H25N5O2S. The summed E-state index contributed by atoms with van der Waals surface area (Å²) in [5.41, 5.74) is 0.895. The van der Waals surface area contributed by atoms with E-state index in [1.165, 1.54) is 0 Å². The summed E-state index contributed by atoms with van der Waals surface area (Å²) in [4.78, 5) is 0. The first-order valence-electron chi connectivity index (χ1n) is 7.39. The zero-order chi connectivity index (χ0) is 15.3. The van der Waals surface area contributed by atoms with Gasteiger partial charge in [-0.2, -0.15) is 17.8 Å². The van der Waals surface area contributed by atoms with Crippen molar-refractivity contribution in [2.45, 2.75) is 19.3 Å². The molecule has 0 bridgehead atoms. The Hall–Kier alpha value is -0.960. The van der Waals surface area contributed by atoms with Crippen LogP contribution in [0.2, 0.25) is 0 Å². The lowest BCUT2D eigenvalue weighted by atomic mass is 10.00. The molecule has 0 spiro atoms. The molecule has 1 unspecified atom stereocenters. The molecule has 1 saturated heterocycles. The van der Waals surface area contributed by atoms with Crippen LogP contribution in [-0.4, -0.2) is 55.7 Å². The molecule has 7 nitrogen and oxygen atoms in total. The maximum Gasteiger partial charge on any atom is 0.279 e. The molecule has 21 heavy (non-hydrogen) atoms. The molecule has 1 aromatic rings. The van der Waals surface area contributed by atoms with Gasteiger partial charge in [0.1, 0.15) is 0 Å². The van der Waals surface area contributed by atoms with E-state index in [0.717, 1.165) is 25.1 Å². The lowest BCUT2D eigenvalue weighted by molar-refractivity contribution is 0.261. The lowest BCUT2D eigenvalue weighted by Gasteiger charge is -2.31. The maximum absolute atomic E-state index is 12.3. The van der Waals surface area contributed by atoms with Crippen LogP contribution in [0.25, 0.3) is 0 Å². The lowest BCUT2D eigenvalue weighted by Crippen LogP contribution is -2.47. The SMILES string of the molecule is CNCC1CCCN(S(=O)(=O)NCCc2ccn(C)n2)C1. The fourth-order valence-electron chi connectivity index (χ4n) is 2.70. The van der Waals surface area contributed by atoms with Crippen molar-refractivity contribution >= 4 is 10.2 Å². The minimum absolute atomic E-state index is 0.381. The van der Waals surface area contributed by atoms with E-state index in [4.69, 9.17) is 0 Å². The highest BCUT2D eigenvalue weighted by atomic mass is 32.2. The number of piperidine rings is 1. The van der Waals surface area contributed by atoms with Gasteiger partial charge >= 0.3 is 0 Å². The highest BCUT2D eigenvalue weighted by Gasteiger charge is 2.28. The highest BCUT2D eigenvalue weighted by molar-refractivity contribution is 7.87. The normalized spacial score (nSPS) is 20.8. The van der Waals surface area contributed by atoms with Gasteiger partial charge in [0.05, 0.1) is 5.69 Å². The maximum atomic E-state index is 12.3. The summed E-state index contributed by atoms with van der Waals surface area (Å²) >= 11 is 0. The zero-order valence-electron chi connectivity index (χ0n) is 12.7. The number of aromatic nitrogens is 2. The van der Waals surface area contributed by atoms with Crippen LogP contribution in [0, 0.1) is 5.92 Å². The number of rotatable bonds is 7. The van der Waals surface area contributed by atoms with Gasteiger partial charge in [0.15, 0.2) is 0 Å². The average Bonchev–Trinajstić information content (AvgIpc) is 2.85. The first-order valence-corrected chi connectivity index (χ1v) is 8.83. The van der Waals surface area contributed by atoms with Gasteiger partial charge in [0.2, 0.25) is 0 Å². The summed E-state index contributed by atoms with van der Waals surface area (Å²) in [5, 5.41) is 7.36. The van der Waals surface area contributed by atoms with E-state index in [0.29, 0.717) is 32.0 Å². The summed E-state index contributed by atoms with van der Waals surface area (Å²) in [6.07, 6.45) is 4.47. The van der Waals surface area contributed by atoms with Gasteiger partial charge in [-0.25, -0.2) is 4.72 Å². The Labute approximate surface area is 126 Å². The van der Waals surface area contributed by atoms with Crippen molar-refractivity contribution < 1.29 is 8.42 Å². The Bertz CT molecular complexity index is 541. The van der Waals surface area contributed by atoms with Crippen LogP contribution in [0.5, 0.6) is 0 Å². The Morgan fingerprint density at radius 2 is 2.29 bits per heavy atom. The van der Waals surface area contributed by atoms with Gasteiger partial charge in [-0.05, 0) is 38.4 Å². The zero-order valence-corrected chi connectivity index (χ0v) is 13.6. The van der Waals surface area contributed by atoms with Crippen LogP contribution in [0.1, 0.15) is 18.5 Å². The van der Waals surface area contributed by atoms with E-state index in [-0.39, 0.29) is 0 Å². The number of nitrogens with zero attached hydrogens (tertiary/aromatic N) is 3. The average molecular weight is 315 g/mol. The van der Waals surface area contributed by atoms with Gasteiger partial charge in [-0.15, -0.1) is 0 Å². The topological polar surface area (TPSA) is 79.3 Å². The Morgan fingerprint density at radius 1 is 1.48 bits per heavy atom. The summed E-state index contributed by atoms with van der Waals surface area (Å²) in [7, 11) is 0.375. The van der Waals surface area contributed by atoms with E-state index in [1.807, 2.05) is 26.4 Å². The van der Waals surface area contributed by atoms with Crippen molar-refractivity contribution in [1.29, 1.82) is 0 Å². The molecule has 0 amide bonds. The standard InChI is InChI=1S/C13H25N5O2S/c1-14-10-12-4-3-8-18(11-12)21(19,20)15-7-5-13-6-9-17(2)16-13/h6,9,12,14-15H,3-5,7-8,10-11H2,1-2H3. The molecule has 1 aliphatic rings. The number of hydrogen-bond donors (Lipinski definition) is 2. The first-order chi connectivity index (χ1) is 10.0. The Balaban J connectivity index is 1.83. The van der Waals surface area contributed by atoms with E-state index in [2.05, 4.69) is 15.1 Å². The fraction of sp³-hybridized carbons (Fsp3) is 0.769. The van der Waals surface area contributed by atoms with E-state index in [9.17, 15) is 8.42 Å². The first kappa shape index (κ1) is 16.4. The predicted octanol–water partition coefficient (Wildman–Crippen LogP) is -0.272. The molecule has 1 aliphatic heterocycles. The highest BCUT2D eigenvalue weighted by Crippen LogP contribution is 2.17. The van der Waals surface area contributed by atoms with Crippen molar-refractivity contribution in [3.63, 3.8) is 0 Å². The second kappa shape index (κ2) is 7.35. The van der Waals surface area contributed by atoms with Crippen LogP contribution in [0.15, 0.2) is 12.3 Å². The van der Waals surface area contributed by atoms with Crippen LogP contribution < -0.4 is 10.0 Å². The van der Waals surface area contributed by atoms with Crippen molar-refractivity contribution in [2.75, 3.05) is 33.2 Å². The molecule has 120 valence electrons. The molecule has 2 rings (SSSR count). The van der Waals surface area contributed by atoms with Gasteiger partial charge in [0.25, 0.3) is 10.2 Å². The Kier molecular flexibility index (Phi) is 5.74. The van der Waals surface area contributed by atoms with Crippen LogP contribution >= 0.6 is 0 Å². The second-order valence-corrected chi connectivity index (χ2v) is 7.31. The molecule has 2 N–H and O–H groups in total. The van der Waals surface area contributed by atoms with Crippen LogP contribution in [0.3, 0.4) is 0 Å². The quantitative estimate of drug-likeness (QED) is 0.726. The number of aryl methyl sites for hydroxylation is 1. The monoisotopic (exact) mass is 315 g/mol. The van der Waals surface area contributed by atoms with Crippen molar-refractivity contribution in [1.82, 2.24) is 24.1 Å². The summed E-state index contributed by atoms with van der Waals surface area (Å²) in [5.74, 6) is 0.399. The van der Waals surface area contributed by atoms with Crippen molar-refractivity contribution in [2.24, 2.45) is 13.0 Å². The van der Waals surface area contributed by atoms with Crippen molar-refractivity contribution in [3.05, 3.63) is 18.0 Å². The molecule has 0 aromatic carbocycles. The van der Waals surface area contributed by atoms with Crippen molar-refractivity contribution in [3.8, 4) is 0 Å². The molecule has 1 atom stereocenters. The second-order valence-electron chi connectivity index (χ2n) is 5.55. The molecule has 8 heteroatoms. The molecule has 1 fully saturated rings. The third kappa shape index (κ3) is 4.77. The fourth-order valence-corrected chi connectivity index (χ4v) is 4.02. The summed E-state index contributed by atoms with van der Waals surface area (Å²) in [6, 6.07) is 1.90. The van der Waals surface area contributed by atoms with E-state index >= 15 is 0 Å². The smallest absolute Gasteiger partial charge is 0.279 e. The van der Waals surface area contributed by atoms with Gasteiger partial charge in [-0.1, -0.05) is 0 Å². The Morgan fingerprint density at radius 3 is 2.95 bits per heavy atom. The molecule has 1 aromatic heterocycles. The minimum Gasteiger partial charge on any atom is -0.319 e. The van der Waals surface area contributed by atoms with Crippen LogP contribution in [-0.2, 0) is 23.7 Å². The van der Waals surface area contributed by atoms with Gasteiger partial charge < -0.3 is 5.32 Å². The third-order valence-corrected chi connectivity index (χ3v) is 5.33. The molecule has 0 aliphatic carbocycles. The van der Waals surface area contributed by atoms with Crippen LogP contribution in [0.4, 0.5) is 0 Å². The van der Waals surface area contributed by atoms with Gasteiger partial charge in [0, 0.05) is 39.3 Å². The molecule has 0 radical (unpaired) electrons. The number of nitrogens with one attached hydrogen (secondary N) is 2. The van der Waals surface area contributed by atoms with E-state index < -0.39 is 10.2 Å². The molecule has 2 heterocycles. The predicted molar refractivity (Wildman–Crippen MR) is 82.1 cm³/mol. The van der Waals surface area contributed by atoms with E-state index in [1.54, 1.807) is 8.99 Å². The summed E-state index contributed by atoms with van der Waals surface area (Å²) in [6.45, 7) is 2.45. The van der Waals surface area contributed by atoms with Gasteiger partial charge in [-0.3, -0.25) is 4.68 Å². The summed E-state index contributed by atoms with van der Waals surface area (Å²) < 4.78 is 30.6. The largest absolute Gasteiger partial charge is 0.319 e. The molecule has 0 saturated carbocycles. The number of hydrogen-bond acceptors (Lipinski definition) is 4. The minimum atomic E-state index is -3.38.